The van der Waals surface area contributed by atoms with E-state index >= 15 is 0 Å². The molecule has 0 N–H and O–H groups in total. The van der Waals surface area contributed by atoms with Gasteiger partial charge in [-0.15, -0.1) is 0 Å². The van der Waals surface area contributed by atoms with E-state index in [1.54, 1.807) is 4.31 Å². The fourth-order valence-corrected chi connectivity index (χ4v) is 4.21. The van der Waals surface area contributed by atoms with Crippen LogP contribution in [0.25, 0.3) is 0 Å². The van der Waals surface area contributed by atoms with Gasteiger partial charge in [-0.1, -0.05) is 13.3 Å². The third kappa shape index (κ3) is 2.57. The van der Waals surface area contributed by atoms with Gasteiger partial charge in [-0.3, -0.25) is 0 Å². The summed E-state index contributed by atoms with van der Waals surface area (Å²) in [5, 5.41) is 0. The number of piperidine rings is 1. The Balaban J connectivity index is 2.32. The van der Waals surface area contributed by atoms with Crippen LogP contribution in [-0.2, 0) is 10.0 Å². The van der Waals surface area contributed by atoms with Crippen molar-refractivity contribution in [3.8, 4) is 0 Å². The van der Waals surface area contributed by atoms with Crippen LogP contribution >= 0.6 is 0 Å². The second kappa shape index (κ2) is 5.36. The molecule has 0 saturated carbocycles. The third-order valence-electron chi connectivity index (χ3n) is 3.46. The van der Waals surface area contributed by atoms with E-state index in [0.29, 0.717) is 6.54 Å². The van der Waals surface area contributed by atoms with Crippen molar-refractivity contribution < 1.29 is 12.8 Å². The maximum atomic E-state index is 12.9. The van der Waals surface area contributed by atoms with Gasteiger partial charge in [0.2, 0.25) is 10.0 Å². The normalized spacial score (nSPS) is 22.0. The molecule has 1 aromatic carbocycles. The van der Waals surface area contributed by atoms with Crippen LogP contribution in [0.2, 0.25) is 0 Å². The first kappa shape index (κ1) is 13.5. The highest BCUT2D eigenvalue weighted by Gasteiger charge is 2.32. The van der Waals surface area contributed by atoms with E-state index < -0.39 is 15.8 Å². The molecule has 0 radical (unpaired) electrons. The second-order valence-electron chi connectivity index (χ2n) is 4.63. The van der Waals surface area contributed by atoms with Gasteiger partial charge in [-0.05, 0) is 43.5 Å². The molecule has 0 aliphatic carbocycles. The first-order valence-corrected chi connectivity index (χ1v) is 7.77. The maximum absolute atomic E-state index is 12.9. The molecular weight excluding hydrogens is 253 g/mol. The Morgan fingerprint density at radius 3 is 2.56 bits per heavy atom. The fraction of sp³-hybridized carbons (Fsp3) is 0.538. The van der Waals surface area contributed by atoms with Gasteiger partial charge >= 0.3 is 0 Å². The summed E-state index contributed by atoms with van der Waals surface area (Å²) in [4.78, 5) is 0.184. The zero-order chi connectivity index (χ0) is 13.2. The van der Waals surface area contributed by atoms with E-state index in [1.165, 1.54) is 24.3 Å². The van der Waals surface area contributed by atoms with Crippen LogP contribution in [0.1, 0.15) is 32.6 Å². The number of benzene rings is 1. The van der Waals surface area contributed by atoms with E-state index in [2.05, 4.69) is 0 Å². The van der Waals surface area contributed by atoms with Crippen molar-refractivity contribution in [3.05, 3.63) is 30.1 Å². The molecule has 1 aliphatic rings. The summed E-state index contributed by atoms with van der Waals surface area (Å²) in [5.74, 6) is -0.417. The van der Waals surface area contributed by atoms with Gasteiger partial charge in [0.15, 0.2) is 0 Å². The number of sulfonamides is 1. The minimum atomic E-state index is -3.47. The van der Waals surface area contributed by atoms with Crippen LogP contribution in [-0.4, -0.2) is 25.3 Å². The Kier molecular flexibility index (Phi) is 4.02. The molecule has 1 atom stereocenters. The number of hydrogen-bond acceptors (Lipinski definition) is 2. The summed E-state index contributed by atoms with van der Waals surface area (Å²) in [7, 11) is -3.47. The molecule has 1 aliphatic heterocycles. The number of hydrogen-bond donors (Lipinski definition) is 0. The molecular formula is C13H18FNO2S. The Bertz CT molecular complexity index is 498. The molecule has 100 valence electrons. The highest BCUT2D eigenvalue weighted by atomic mass is 32.2. The van der Waals surface area contributed by atoms with Gasteiger partial charge in [0.1, 0.15) is 5.82 Å². The van der Waals surface area contributed by atoms with E-state index in [9.17, 15) is 12.8 Å². The Labute approximate surface area is 108 Å². The first-order chi connectivity index (χ1) is 8.55. The van der Waals surface area contributed by atoms with Crippen molar-refractivity contribution in [3.63, 3.8) is 0 Å². The van der Waals surface area contributed by atoms with Crippen LogP contribution < -0.4 is 0 Å². The standard InChI is InChI=1S/C13H18FNO2S/c1-2-12-5-3-4-10-15(12)18(16,17)13-8-6-11(14)7-9-13/h6-9,12H,2-5,10H2,1H3/t12-/m1/s1. The van der Waals surface area contributed by atoms with E-state index in [4.69, 9.17) is 0 Å². The lowest BCUT2D eigenvalue weighted by atomic mass is 10.0. The smallest absolute Gasteiger partial charge is 0.207 e. The fourth-order valence-electron chi connectivity index (χ4n) is 2.44. The minimum absolute atomic E-state index is 0.0776. The number of halogens is 1. The zero-order valence-electron chi connectivity index (χ0n) is 10.5. The van der Waals surface area contributed by atoms with Gasteiger partial charge in [0, 0.05) is 12.6 Å². The highest BCUT2D eigenvalue weighted by molar-refractivity contribution is 7.89. The predicted molar refractivity (Wildman–Crippen MR) is 68.2 cm³/mol. The molecule has 0 amide bonds. The van der Waals surface area contributed by atoms with Crippen LogP contribution in [0.15, 0.2) is 29.2 Å². The Morgan fingerprint density at radius 2 is 1.94 bits per heavy atom. The van der Waals surface area contributed by atoms with Gasteiger partial charge in [0.05, 0.1) is 4.90 Å². The van der Waals surface area contributed by atoms with Gasteiger partial charge in [-0.25, -0.2) is 12.8 Å². The number of nitrogens with zero attached hydrogens (tertiary/aromatic N) is 1. The van der Waals surface area contributed by atoms with Crippen LogP contribution in [0.4, 0.5) is 4.39 Å². The minimum Gasteiger partial charge on any atom is -0.207 e. The van der Waals surface area contributed by atoms with Crippen molar-refractivity contribution in [2.45, 2.75) is 43.5 Å². The van der Waals surface area contributed by atoms with Crippen molar-refractivity contribution in [1.29, 1.82) is 0 Å². The van der Waals surface area contributed by atoms with Crippen molar-refractivity contribution >= 4 is 10.0 Å². The van der Waals surface area contributed by atoms with Crippen LogP contribution in [0.5, 0.6) is 0 Å². The molecule has 1 fully saturated rings. The molecule has 2 rings (SSSR count). The third-order valence-corrected chi connectivity index (χ3v) is 5.43. The maximum Gasteiger partial charge on any atom is 0.243 e. The average molecular weight is 271 g/mol. The predicted octanol–water partition coefficient (Wildman–Crippen LogP) is 2.78. The lowest BCUT2D eigenvalue weighted by molar-refractivity contribution is 0.246. The first-order valence-electron chi connectivity index (χ1n) is 6.33. The summed E-state index contributed by atoms with van der Waals surface area (Å²) in [6, 6.07) is 5.14. The molecule has 1 heterocycles. The second-order valence-corrected chi connectivity index (χ2v) is 6.52. The van der Waals surface area contributed by atoms with Crippen molar-refractivity contribution in [2.75, 3.05) is 6.54 Å². The average Bonchev–Trinajstić information content (AvgIpc) is 2.39. The molecule has 0 aromatic heterocycles. The Morgan fingerprint density at radius 1 is 1.28 bits per heavy atom. The summed E-state index contributed by atoms with van der Waals surface area (Å²) in [6.07, 6.45) is 3.71. The molecule has 5 heteroatoms. The zero-order valence-corrected chi connectivity index (χ0v) is 11.3. The summed E-state index contributed by atoms with van der Waals surface area (Å²) >= 11 is 0. The largest absolute Gasteiger partial charge is 0.243 e. The van der Waals surface area contributed by atoms with E-state index in [1.807, 2.05) is 6.92 Å². The molecule has 3 nitrogen and oxygen atoms in total. The van der Waals surface area contributed by atoms with E-state index in [-0.39, 0.29) is 10.9 Å². The molecule has 18 heavy (non-hydrogen) atoms. The monoisotopic (exact) mass is 271 g/mol. The van der Waals surface area contributed by atoms with Crippen LogP contribution in [0, 0.1) is 5.82 Å². The molecule has 1 aromatic rings. The number of rotatable bonds is 3. The SMILES string of the molecule is CC[C@@H]1CCCCN1S(=O)(=O)c1ccc(F)cc1. The molecule has 0 spiro atoms. The summed E-state index contributed by atoms with van der Waals surface area (Å²) in [5.41, 5.74) is 0. The Hall–Kier alpha value is -0.940. The topological polar surface area (TPSA) is 37.4 Å². The van der Waals surface area contributed by atoms with E-state index in [0.717, 1.165) is 25.7 Å². The van der Waals surface area contributed by atoms with Gasteiger partial charge in [0.25, 0.3) is 0 Å². The molecule has 0 bridgehead atoms. The quantitative estimate of drug-likeness (QED) is 0.847. The summed E-state index contributed by atoms with van der Waals surface area (Å²) in [6.45, 7) is 2.57. The lowest BCUT2D eigenvalue weighted by Crippen LogP contribution is -2.43. The van der Waals surface area contributed by atoms with Crippen molar-refractivity contribution in [2.24, 2.45) is 0 Å². The van der Waals surface area contributed by atoms with Gasteiger partial charge < -0.3 is 0 Å². The highest BCUT2D eigenvalue weighted by Crippen LogP contribution is 2.26. The lowest BCUT2D eigenvalue weighted by Gasteiger charge is -2.34. The van der Waals surface area contributed by atoms with Crippen molar-refractivity contribution in [1.82, 2.24) is 4.31 Å². The molecule has 0 unspecified atom stereocenters. The van der Waals surface area contributed by atoms with Crippen LogP contribution in [0.3, 0.4) is 0 Å². The van der Waals surface area contributed by atoms with Gasteiger partial charge in [-0.2, -0.15) is 4.31 Å². The molecule has 1 saturated heterocycles. The summed E-state index contributed by atoms with van der Waals surface area (Å²) < 4.78 is 39.4.